The van der Waals surface area contributed by atoms with E-state index in [9.17, 15) is 14.7 Å². The van der Waals surface area contributed by atoms with Crippen molar-refractivity contribution in [1.29, 1.82) is 0 Å². The number of aromatic carboxylic acids is 2. The van der Waals surface area contributed by atoms with Crippen LogP contribution in [0.5, 0.6) is 5.75 Å². The number of hydrogen-bond donors (Lipinski definition) is 2. The topological polar surface area (TPSA) is 83.8 Å². The molecule has 0 saturated heterocycles. The van der Waals surface area contributed by atoms with Crippen molar-refractivity contribution in [1.82, 2.24) is 0 Å². The summed E-state index contributed by atoms with van der Waals surface area (Å²) in [7, 11) is 0. The number of carboxylic acid groups (broad SMARTS) is 2. The summed E-state index contributed by atoms with van der Waals surface area (Å²) in [6, 6.07) is 1.40. The lowest BCUT2D eigenvalue weighted by atomic mass is 9.96. The zero-order chi connectivity index (χ0) is 14.6. The van der Waals surface area contributed by atoms with Crippen LogP contribution in [-0.2, 0) is 0 Å². The average molecular weight is 266 g/mol. The first-order chi connectivity index (χ1) is 8.90. The van der Waals surface area contributed by atoms with Gasteiger partial charge in [-0.05, 0) is 31.9 Å². The van der Waals surface area contributed by atoms with E-state index in [-0.39, 0.29) is 16.7 Å². The molecule has 0 spiro atoms. The van der Waals surface area contributed by atoms with Crippen molar-refractivity contribution in [2.24, 2.45) is 0 Å². The zero-order valence-corrected chi connectivity index (χ0v) is 11.3. The van der Waals surface area contributed by atoms with E-state index in [1.54, 1.807) is 6.92 Å². The van der Waals surface area contributed by atoms with Crippen molar-refractivity contribution in [2.45, 2.75) is 33.6 Å². The van der Waals surface area contributed by atoms with Crippen LogP contribution >= 0.6 is 0 Å². The lowest BCUT2D eigenvalue weighted by molar-refractivity contribution is 0.0694. The second kappa shape index (κ2) is 6.22. The number of rotatable bonds is 6. The van der Waals surface area contributed by atoms with E-state index in [4.69, 9.17) is 9.84 Å². The lowest BCUT2D eigenvalue weighted by Gasteiger charge is -2.15. The Kier molecular flexibility index (Phi) is 4.92. The van der Waals surface area contributed by atoms with Gasteiger partial charge in [0, 0.05) is 5.56 Å². The van der Waals surface area contributed by atoms with Gasteiger partial charge in [0.25, 0.3) is 0 Å². The highest BCUT2D eigenvalue weighted by atomic mass is 16.5. The second-order valence-corrected chi connectivity index (χ2v) is 4.36. The first kappa shape index (κ1) is 15.0. The van der Waals surface area contributed by atoms with E-state index in [0.717, 1.165) is 12.8 Å². The maximum atomic E-state index is 11.3. The number of carboxylic acids is 2. The van der Waals surface area contributed by atoms with Crippen LogP contribution in [-0.4, -0.2) is 28.8 Å². The molecule has 1 aromatic rings. The molecule has 0 fully saturated rings. The molecular formula is C14H18O5. The third-order valence-corrected chi connectivity index (χ3v) is 3.00. The van der Waals surface area contributed by atoms with Crippen LogP contribution in [0.3, 0.4) is 0 Å². The first-order valence-corrected chi connectivity index (χ1v) is 6.13. The Labute approximate surface area is 111 Å². The Balaban J connectivity index is 3.31. The molecule has 0 unspecified atom stereocenters. The van der Waals surface area contributed by atoms with Gasteiger partial charge in [-0.1, -0.05) is 13.3 Å². The van der Waals surface area contributed by atoms with Crippen LogP contribution in [0.1, 0.15) is 51.6 Å². The van der Waals surface area contributed by atoms with Crippen molar-refractivity contribution < 1.29 is 24.5 Å². The Morgan fingerprint density at radius 3 is 2.26 bits per heavy atom. The Morgan fingerprint density at radius 2 is 1.79 bits per heavy atom. The van der Waals surface area contributed by atoms with Crippen molar-refractivity contribution in [3.8, 4) is 5.75 Å². The van der Waals surface area contributed by atoms with E-state index in [1.807, 2.05) is 6.92 Å². The molecule has 0 saturated carbocycles. The first-order valence-electron chi connectivity index (χ1n) is 6.13. The minimum absolute atomic E-state index is 0.00592. The molecule has 0 heterocycles. The minimum atomic E-state index is -1.15. The molecule has 0 aromatic heterocycles. The number of ether oxygens (including phenoxy) is 1. The molecule has 1 aromatic carbocycles. The van der Waals surface area contributed by atoms with Gasteiger partial charge < -0.3 is 14.9 Å². The van der Waals surface area contributed by atoms with Gasteiger partial charge in [0.1, 0.15) is 5.75 Å². The van der Waals surface area contributed by atoms with Crippen LogP contribution in [0.15, 0.2) is 6.07 Å². The number of unbranched alkanes of at least 4 members (excludes halogenated alkanes) is 1. The highest BCUT2D eigenvalue weighted by Gasteiger charge is 2.21. The van der Waals surface area contributed by atoms with Gasteiger partial charge in [0.2, 0.25) is 0 Å². The third-order valence-electron chi connectivity index (χ3n) is 3.00. The summed E-state index contributed by atoms with van der Waals surface area (Å²) < 4.78 is 5.49. The average Bonchev–Trinajstić information content (AvgIpc) is 2.31. The number of hydrogen-bond acceptors (Lipinski definition) is 3. The summed E-state index contributed by atoms with van der Waals surface area (Å²) in [6.45, 7) is 5.58. The maximum Gasteiger partial charge on any atom is 0.336 e. The molecule has 104 valence electrons. The predicted molar refractivity (Wildman–Crippen MR) is 70.2 cm³/mol. The summed E-state index contributed by atoms with van der Waals surface area (Å²) in [5, 5.41) is 18.3. The summed E-state index contributed by atoms with van der Waals surface area (Å²) >= 11 is 0. The van der Waals surface area contributed by atoms with Gasteiger partial charge in [0.05, 0.1) is 17.7 Å². The molecule has 1 rings (SSSR count). The van der Waals surface area contributed by atoms with E-state index in [1.165, 1.54) is 13.0 Å². The normalized spacial score (nSPS) is 10.3. The fraction of sp³-hybridized carbons (Fsp3) is 0.429. The molecule has 0 aliphatic carbocycles. The van der Waals surface area contributed by atoms with E-state index < -0.39 is 11.9 Å². The van der Waals surface area contributed by atoms with Crippen molar-refractivity contribution in [3.63, 3.8) is 0 Å². The number of benzene rings is 1. The zero-order valence-electron chi connectivity index (χ0n) is 11.3. The molecule has 0 aliphatic rings. The highest BCUT2D eigenvalue weighted by molar-refractivity contribution is 5.98. The van der Waals surface area contributed by atoms with Crippen LogP contribution in [0.4, 0.5) is 0 Å². The fourth-order valence-electron chi connectivity index (χ4n) is 1.91. The van der Waals surface area contributed by atoms with Crippen molar-refractivity contribution in [2.75, 3.05) is 6.61 Å². The lowest BCUT2D eigenvalue weighted by Crippen LogP contribution is -2.11. The van der Waals surface area contributed by atoms with Gasteiger partial charge in [0.15, 0.2) is 0 Å². The molecule has 2 N–H and O–H groups in total. The third kappa shape index (κ3) is 3.24. The van der Waals surface area contributed by atoms with Gasteiger partial charge >= 0.3 is 11.9 Å². The summed E-state index contributed by atoms with van der Waals surface area (Å²) in [5.74, 6) is -1.97. The van der Waals surface area contributed by atoms with E-state index >= 15 is 0 Å². The molecular weight excluding hydrogens is 248 g/mol. The largest absolute Gasteiger partial charge is 0.493 e. The van der Waals surface area contributed by atoms with Gasteiger partial charge in [-0.25, -0.2) is 9.59 Å². The predicted octanol–water partition coefficient (Wildman–Crippen LogP) is 2.88. The smallest absolute Gasteiger partial charge is 0.336 e. The van der Waals surface area contributed by atoms with Crippen molar-refractivity contribution in [3.05, 3.63) is 28.3 Å². The molecule has 19 heavy (non-hydrogen) atoms. The van der Waals surface area contributed by atoms with Gasteiger partial charge in [-0.2, -0.15) is 0 Å². The standard InChI is InChI=1S/C14H18O5/c1-4-5-6-19-11-7-10(13(15)16)8(2)12(9(11)3)14(17)18/h7H,4-6H2,1-3H3,(H,15,16)(H,17,18). The van der Waals surface area contributed by atoms with Crippen LogP contribution in [0.2, 0.25) is 0 Å². The highest BCUT2D eigenvalue weighted by Crippen LogP contribution is 2.28. The van der Waals surface area contributed by atoms with Crippen molar-refractivity contribution >= 4 is 11.9 Å². The minimum Gasteiger partial charge on any atom is -0.493 e. The SMILES string of the molecule is CCCCOc1cc(C(=O)O)c(C)c(C(=O)O)c1C. The second-order valence-electron chi connectivity index (χ2n) is 4.36. The maximum absolute atomic E-state index is 11.3. The van der Waals surface area contributed by atoms with Crippen LogP contribution < -0.4 is 4.74 Å². The quantitative estimate of drug-likeness (QED) is 0.773. The molecule has 5 nitrogen and oxygen atoms in total. The van der Waals surface area contributed by atoms with E-state index in [2.05, 4.69) is 0 Å². The molecule has 0 amide bonds. The monoisotopic (exact) mass is 266 g/mol. The molecule has 0 atom stereocenters. The van der Waals surface area contributed by atoms with E-state index in [0.29, 0.717) is 17.9 Å². The van der Waals surface area contributed by atoms with Gasteiger partial charge in [-0.3, -0.25) is 0 Å². The summed E-state index contributed by atoms with van der Waals surface area (Å²) in [5.41, 5.74) is 0.687. The molecule has 5 heteroatoms. The van der Waals surface area contributed by atoms with Gasteiger partial charge in [-0.15, -0.1) is 0 Å². The Bertz CT molecular complexity index is 505. The number of carbonyl (C=O) groups is 2. The molecule has 0 bridgehead atoms. The van der Waals surface area contributed by atoms with Crippen LogP contribution in [0.25, 0.3) is 0 Å². The Morgan fingerprint density at radius 1 is 1.16 bits per heavy atom. The Hall–Kier alpha value is -2.04. The summed E-state index contributed by atoms with van der Waals surface area (Å²) in [4.78, 5) is 22.4. The van der Waals surface area contributed by atoms with Crippen LogP contribution in [0, 0.1) is 13.8 Å². The molecule has 0 aliphatic heterocycles. The summed E-state index contributed by atoms with van der Waals surface area (Å²) in [6.07, 6.45) is 1.78. The fourth-order valence-corrected chi connectivity index (χ4v) is 1.91. The molecule has 0 radical (unpaired) electrons.